The van der Waals surface area contributed by atoms with Crippen LogP contribution in [0.15, 0.2) is 47.0 Å². The van der Waals surface area contributed by atoms with E-state index in [1.165, 1.54) is 17.2 Å². The minimum atomic E-state index is -2.89. The molecule has 2 aliphatic heterocycles. The Morgan fingerprint density at radius 1 is 1.21 bits per heavy atom. The Morgan fingerprint density at radius 2 is 2.00 bits per heavy atom. The van der Waals surface area contributed by atoms with Gasteiger partial charge in [-0.05, 0) is 18.1 Å². The fourth-order valence-corrected chi connectivity index (χ4v) is 4.53. The smallest absolute Gasteiger partial charge is 0.407 e. The van der Waals surface area contributed by atoms with Crippen molar-refractivity contribution in [2.45, 2.75) is 31.4 Å². The van der Waals surface area contributed by atoms with Crippen LogP contribution in [0.25, 0.3) is 11.5 Å². The highest BCUT2D eigenvalue weighted by molar-refractivity contribution is 5.99. The number of hydrogen-bond acceptors (Lipinski definition) is 6. The Hall–Kier alpha value is -3.89. The van der Waals surface area contributed by atoms with Gasteiger partial charge < -0.3 is 19.3 Å². The van der Waals surface area contributed by atoms with Crippen LogP contribution in [0.1, 0.15) is 46.3 Å². The number of alkyl halides is 2. The number of carboxylic acid groups (broad SMARTS) is 1. The molecular weight excluding hydrogens is 436 g/mol. The third-order valence-corrected chi connectivity index (χ3v) is 6.13. The van der Waals surface area contributed by atoms with E-state index in [9.17, 15) is 23.5 Å². The third kappa shape index (κ3) is 3.79. The number of nitrogens with zero attached hydrogens (tertiary/aromatic N) is 5. The zero-order valence-corrected chi connectivity index (χ0v) is 17.3. The lowest BCUT2D eigenvalue weighted by Gasteiger charge is -2.41. The van der Waals surface area contributed by atoms with E-state index in [1.54, 1.807) is 4.90 Å². The van der Waals surface area contributed by atoms with Crippen molar-refractivity contribution in [1.82, 2.24) is 25.0 Å². The Labute approximate surface area is 186 Å². The highest BCUT2D eigenvalue weighted by Crippen LogP contribution is 2.36. The number of likely N-dealkylation sites (tertiary alicyclic amines) is 1. The van der Waals surface area contributed by atoms with Gasteiger partial charge in [0.15, 0.2) is 0 Å². The fourth-order valence-electron chi connectivity index (χ4n) is 4.53. The lowest BCUT2D eigenvalue weighted by atomic mass is 9.85. The third-order valence-electron chi connectivity index (χ3n) is 6.13. The number of hydrogen-bond donors (Lipinski definition) is 1. The van der Waals surface area contributed by atoms with Crippen molar-refractivity contribution in [2.24, 2.45) is 0 Å². The highest BCUT2D eigenvalue weighted by atomic mass is 19.3. The molecule has 2 amide bonds. The Morgan fingerprint density at radius 3 is 2.70 bits per heavy atom. The maximum Gasteiger partial charge on any atom is 0.407 e. The average molecular weight is 455 g/mol. The lowest BCUT2D eigenvalue weighted by molar-refractivity contribution is 0.0538. The van der Waals surface area contributed by atoms with Crippen molar-refractivity contribution < 1.29 is 27.9 Å². The van der Waals surface area contributed by atoms with Crippen LogP contribution in [0.3, 0.4) is 0 Å². The van der Waals surface area contributed by atoms with E-state index in [4.69, 9.17) is 4.42 Å². The minimum absolute atomic E-state index is 0.135. The number of pyridine rings is 1. The van der Waals surface area contributed by atoms with Crippen molar-refractivity contribution in [2.75, 3.05) is 13.1 Å². The van der Waals surface area contributed by atoms with Crippen LogP contribution in [-0.2, 0) is 6.54 Å². The topological polar surface area (TPSA) is 113 Å². The first-order valence-corrected chi connectivity index (χ1v) is 10.4. The van der Waals surface area contributed by atoms with Gasteiger partial charge in [-0.25, -0.2) is 4.79 Å². The zero-order valence-electron chi connectivity index (χ0n) is 17.3. The summed E-state index contributed by atoms with van der Waals surface area (Å²) in [6.07, 6.45) is -1.98. The largest absolute Gasteiger partial charge is 0.465 e. The van der Waals surface area contributed by atoms with Crippen molar-refractivity contribution in [3.63, 3.8) is 0 Å². The fraction of sp³-hybridized carbons (Fsp3) is 0.318. The summed E-state index contributed by atoms with van der Waals surface area (Å²) in [4.78, 5) is 32.4. The molecule has 4 heterocycles. The molecule has 0 bridgehead atoms. The van der Waals surface area contributed by atoms with Crippen LogP contribution in [0.5, 0.6) is 0 Å². The number of fused-ring (bicyclic) bond motifs is 1. The molecule has 1 saturated heterocycles. The number of halogens is 2. The molecule has 2 atom stereocenters. The van der Waals surface area contributed by atoms with Crippen LogP contribution in [0.2, 0.25) is 0 Å². The predicted octanol–water partition coefficient (Wildman–Crippen LogP) is 3.56. The number of benzene rings is 1. The van der Waals surface area contributed by atoms with Crippen LogP contribution in [0.4, 0.5) is 13.6 Å². The van der Waals surface area contributed by atoms with Gasteiger partial charge >= 0.3 is 12.5 Å². The predicted molar refractivity (Wildman–Crippen MR) is 110 cm³/mol. The second-order valence-electron chi connectivity index (χ2n) is 8.00. The van der Waals surface area contributed by atoms with E-state index >= 15 is 0 Å². The summed E-state index contributed by atoms with van der Waals surface area (Å²) in [5.41, 5.74) is 2.14. The van der Waals surface area contributed by atoms with E-state index in [-0.39, 0.29) is 42.4 Å². The summed E-state index contributed by atoms with van der Waals surface area (Å²) < 4.78 is 30.5. The number of carbonyl (C=O) groups is 2. The molecular formula is C22H19F2N5O4. The maximum absolute atomic E-state index is 13.4. The van der Waals surface area contributed by atoms with Crippen LogP contribution < -0.4 is 0 Å². The molecule has 33 heavy (non-hydrogen) atoms. The van der Waals surface area contributed by atoms with E-state index in [0.29, 0.717) is 24.2 Å². The zero-order chi connectivity index (χ0) is 23.1. The Kier molecular flexibility index (Phi) is 5.23. The number of rotatable bonds is 4. The van der Waals surface area contributed by atoms with Gasteiger partial charge in [-0.3, -0.25) is 9.78 Å². The van der Waals surface area contributed by atoms with E-state index in [1.807, 2.05) is 30.3 Å². The first kappa shape index (κ1) is 21.0. The van der Waals surface area contributed by atoms with Crippen LogP contribution in [-0.4, -0.2) is 61.2 Å². The van der Waals surface area contributed by atoms with Gasteiger partial charge in [-0.15, -0.1) is 10.2 Å². The highest BCUT2D eigenvalue weighted by Gasteiger charge is 2.41. The first-order valence-electron chi connectivity index (χ1n) is 10.4. The van der Waals surface area contributed by atoms with Gasteiger partial charge in [0.05, 0.1) is 23.4 Å². The molecule has 0 spiro atoms. The molecule has 1 aromatic carbocycles. The van der Waals surface area contributed by atoms with Gasteiger partial charge in [0.2, 0.25) is 5.89 Å². The molecule has 5 rings (SSSR count). The summed E-state index contributed by atoms with van der Waals surface area (Å²) >= 11 is 0. The molecule has 2 aliphatic rings. The van der Waals surface area contributed by atoms with Crippen molar-refractivity contribution >= 4 is 12.0 Å². The molecule has 170 valence electrons. The Bertz CT molecular complexity index is 1200. The van der Waals surface area contributed by atoms with Gasteiger partial charge in [0, 0.05) is 31.2 Å². The summed E-state index contributed by atoms with van der Waals surface area (Å²) in [5.74, 6) is -1.38. The van der Waals surface area contributed by atoms with Gasteiger partial charge in [0.1, 0.15) is 0 Å². The quantitative estimate of drug-likeness (QED) is 0.640. The van der Waals surface area contributed by atoms with Crippen molar-refractivity contribution in [3.8, 4) is 11.5 Å². The molecule has 3 aromatic rings. The second kappa shape index (κ2) is 8.23. The molecule has 0 aliphatic carbocycles. The van der Waals surface area contributed by atoms with Crippen molar-refractivity contribution in [1.29, 1.82) is 0 Å². The van der Waals surface area contributed by atoms with Crippen LogP contribution in [0, 0.1) is 0 Å². The van der Waals surface area contributed by atoms with Gasteiger partial charge in [-0.1, -0.05) is 30.3 Å². The normalized spacial score (nSPS) is 20.4. The lowest BCUT2D eigenvalue weighted by Crippen LogP contribution is -2.51. The number of amides is 2. The van der Waals surface area contributed by atoms with Gasteiger partial charge in [0.25, 0.3) is 11.8 Å². The standard InChI is InChI=1S/C22H19F2N5O4/c23-18(24)20-27-26-19(33-20)13-8-14-16(25-9-13)11-29(21(14)30)17-6-7-28(22(31)32)10-15(17)12-4-2-1-3-5-12/h1-5,8-9,15,17-18H,6-7,10-11H2,(H,31,32)/t15-,17-/m1/s1. The number of piperidine rings is 1. The number of aromatic nitrogens is 3. The average Bonchev–Trinajstić information content (AvgIpc) is 3.44. The molecule has 11 heteroatoms. The minimum Gasteiger partial charge on any atom is -0.465 e. The van der Waals surface area contributed by atoms with E-state index < -0.39 is 18.4 Å². The number of carbonyl (C=O) groups excluding carboxylic acids is 1. The SMILES string of the molecule is O=C(O)N1CC[C@@H](N2Cc3ncc(-c4nnc(C(F)F)o4)cc3C2=O)[C@@H](c2ccccc2)C1. The van der Waals surface area contributed by atoms with E-state index in [0.717, 1.165) is 5.56 Å². The molecule has 0 saturated carbocycles. The first-order chi connectivity index (χ1) is 15.9. The van der Waals surface area contributed by atoms with Crippen LogP contribution >= 0.6 is 0 Å². The molecule has 1 N–H and O–H groups in total. The molecule has 2 aromatic heterocycles. The monoisotopic (exact) mass is 455 g/mol. The molecule has 9 nitrogen and oxygen atoms in total. The summed E-state index contributed by atoms with van der Waals surface area (Å²) in [6, 6.07) is 10.8. The van der Waals surface area contributed by atoms with Crippen molar-refractivity contribution in [3.05, 3.63) is 65.3 Å². The second-order valence-corrected chi connectivity index (χ2v) is 8.00. The van der Waals surface area contributed by atoms with E-state index in [2.05, 4.69) is 15.2 Å². The molecule has 0 unspecified atom stereocenters. The summed E-state index contributed by atoms with van der Waals surface area (Å²) in [5, 5.41) is 16.4. The molecule has 0 radical (unpaired) electrons. The summed E-state index contributed by atoms with van der Waals surface area (Å²) in [6.45, 7) is 0.878. The van der Waals surface area contributed by atoms with Gasteiger partial charge in [-0.2, -0.15) is 8.78 Å². The molecule has 1 fully saturated rings. The Balaban J connectivity index is 1.43. The summed E-state index contributed by atoms with van der Waals surface area (Å²) in [7, 11) is 0. The maximum atomic E-state index is 13.4.